The summed E-state index contributed by atoms with van der Waals surface area (Å²) >= 11 is 12.5. The van der Waals surface area contributed by atoms with Crippen LogP contribution in [0.15, 0.2) is 61.2 Å². The number of benzene rings is 2. The van der Waals surface area contributed by atoms with E-state index in [1.807, 2.05) is 54.8 Å². The summed E-state index contributed by atoms with van der Waals surface area (Å²) in [4.78, 5) is 81.6. The summed E-state index contributed by atoms with van der Waals surface area (Å²) in [7, 11) is 0. The second-order valence-corrected chi connectivity index (χ2v) is 20.2. The van der Waals surface area contributed by atoms with Crippen LogP contribution in [0.4, 0.5) is 41.2 Å². The monoisotopic (exact) mass is 1020 g/mol. The molecule has 0 aliphatic carbocycles. The van der Waals surface area contributed by atoms with E-state index in [1.54, 1.807) is 36.1 Å². The van der Waals surface area contributed by atoms with Gasteiger partial charge in [0.25, 0.3) is 0 Å². The number of aromatic nitrogens is 4. The Morgan fingerprint density at radius 3 is 1.90 bits per heavy atom. The fourth-order valence-corrected chi connectivity index (χ4v) is 10.9. The van der Waals surface area contributed by atoms with E-state index in [0.29, 0.717) is 72.8 Å². The number of rotatable bonds is 14. The van der Waals surface area contributed by atoms with Crippen molar-refractivity contribution in [1.29, 1.82) is 0 Å². The molecule has 3 N–H and O–H groups in total. The van der Waals surface area contributed by atoms with Crippen molar-refractivity contribution < 1.29 is 37.1 Å². The minimum Gasteiger partial charge on any atom is -0.441 e. The molecule has 378 valence electrons. The van der Waals surface area contributed by atoms with Gasteiger partial charge >= 0.3 is 12.3 Å². The summed E-state index contributed by atoms with van der Waals surface area (Å²) in [5, 5.41) is 10.5. The number of carbonyl (C=O) groups is 4. The molecule has 7 atom stereocenters. The number of piperazine rings is 2. The zero-order valence-electron chi connectivity index (χ0n) is 39.8. The number of amides is 4. The highest BCUT2D eigenvalue weighted by Crippen LogP contribution is 2.47. The van der Waals surface area contributed by atoms with Crippen molar-refractivity contribution in [3.05, 3.63) is 93.5 Å². The second kappa shape index (κ2) is 20.7. The minimum atomic E-state index is -4.69. The third-order valence-electron chi connectivity index (χ3n) is 14.2. The van der Waals surface area contributed by atoms with Crippen LogP contribution in [0.5, 0.6) is 0 Å². The summed E-state index contributed by atoms with van der Waals surface area (Å²) in [5.74, 6) is -3.02. The van der Waals surface area contributed by atoms with Crippen molar-refractivity contribution in [2.75, 3.05) is 78.9 Å². The van der Waals surface area contributed by atoms with Gasteiger partial charge in [0.1, 0.15) is 36.2 Å². The molecule has 2 aromatic carbocycles. The Labute approximate surface area is 419 Å². The van der Waals surface area contributed by atoms with Gasteiger partial charge in [-0.1, -0.05) is 61.3 Å². The van der Waals surface area contributed by atoms with E-state index >= 15 is 0 Å². The van der Waals surface area contributed by atoms with Gasteiger partial charge in [0.05, 0.1) is 28.9 Å². The average molecular weight is 1020 g/mol. The molecule has 4 amide bonds. The molecule has 22 heteroatoms. The maximum absolute atomic E-state index is 14.9. The first-order chi connectivity index (χ1) is 33.9. The number of ether oxygens (including phenoxy) is 1. The van der Waals surface area contributed by atoms with E-state index in [2.05, 4.69) is 40.8 Å². The van der Waals surface area contributed by atoms with E-state index in [1.165, 1.54) is 11.2 Å². The number of carbonyl (C=O) groups excluding carboxylic acids is 4. The third-order valence-corrected chi connectivity index (χ3v) is 14.7. The normalized spacial score (nSPS) is 22.4. The van der Waals surface area contributed by atoms with E-state index in [4.69, 9.17) is 27.9 Å². The molecule has 4 aromatic rings. The number of fused-ring (bicyclic) bond motifs is 4. The number of nitrogens with zero attached hydrogens (tertiary/aromatic N) is 9. The molecule has 5 aliphatic rings. The molecular weight excluding hydrogens is 965 g/mol. The van der Waals surface area contributed by atoms with Gasteiger partial charge in [-0.3, -0.25) is 19.3 Å². The quantitative estimate of drug-likeness (QED) is 0.122. The molecule has 17 nitrogen and oxygen atoms in total. The van der Waals surface area contributed by atoms with Crippen LogP contribution in [0.3, 0.4) is 0 Å². The van der Waals surface area contributed by atoms with Gasteiger partial charge < -0.3 is 40.3 Å². The zero-order chi connectivity index (χ0) is 50.3. The number of alkyl halides is 3. The third kappa shape index (κ3) is 10.6. The highest BCUT2D eigenvalue weighted by atomic mass is 35.5. The van der Waals surface area contributed by atoms with Crippen LogP contribution >= 0.6 is 23.2 Å². The molecule has 2 aromatic heterocycles. The van der Waals surface area contributed by atoms with Gasteiger partial charge in [-0.05, 0) is 62.1 Å². The highest BCUT2D eigenvalue weighted by molar-refractivity contribution is 6.30. The molecule has 0 saturated carbocycles. The van der Waals surface area contributed by atoms with Crippen LogP contribution in [-0.4, -0.2) is 143 Å². The lowest BCUT2D eigenvalue weighted by molar-refractivity contribution is -0.156. The van der Waals surface area contributed by atoms with Crippen molar-refractivity contribution in [2.45, 2.75) is 101 Å². The molecule has 5 aliphatic heterocycles. The minimum absolute atomic E-state index is 0.0234. The molecule has 3 saturated heterocycles. The summed E-state index contributed by atoms with van der Waals surface area (Å²) in [6.07, 6.45) is -2.80. The summed E-state index contributed by atoms with van der Waals surface area (Å²) in [6.45, 7) is 11.0. The van der Waals surface area contributed by atoms with E-state index in [0.717, 1.165) is 17.5 Å². The van der Waals surface area contributed by atoms with Crippen LogP contribution in [0.25, 0.3) is 0 Å². The van der Waals surface area contributed by atoms with Gasteiger partial charge in [-0.25, -0.2) is 24.7 Å². The molecule has 3 unspecified atom stereocenters. The second-order valence-electron chi connectivity index (χ2n) is 19.3. The van der Waals surface area contributed by atoms with Crippen LogP contribution in [0.1, 0.15) is 93.1 Å². The lowest BCUT2D eigenvalue weighted by atomic mass is 9.91. The maximum Gasteiger partial charge on any atom is 0.416 e. The Balaban J connectivity index is 0.879. The smallest absolute Gasteiger partial charge is 0.416 e. The van der Waals surface area contributed by atoms with Crippen molar-refractivity contribution in [1.82, 2.24) is 40.4 Å². The molecule has 2 bridgehead atoms. The van der Waals surface area contributed by atoms with Gasteiger partial charge in [0.2, 0.25) is 17.7 Å². The summed E-state index contributed by atoms with van der Waals surface area (Å²) in [6, 6.07) is 13.6. The Kier molecular flexibility index (Phi) is 14.6. The van der Waals surface area contributed by atoms with Crippen LogP contribution in [0, 0.1) is 0 Å². The van der Waals surface area contributed by atoms with Crippen LogP contribution < -0.4 is 30.7 Å². The van der Waals surface area contributed by atoms with E-state index in [9.17, 15) is 32.3 Å². The topological polar surface area (TPSA) is 181 Å². The predicted octanol–water partition coefficient (Wildman–Crippen LogP) is 6.65. The van der Waals surface area contributed by atoms with Gasteiger partial charge in [-0.2, -0.15) is 13.2 Å². The lowest BCUT2D eigenvalue weighted by Gasteiger charge is -2.44. The van der Waals surface area contributed by atoms with Crippen molar-refractivity contribution in [3.63, 3.8) is 0 Å². The first kappa shape index (κ1) is 50.1. The largest absolute Gasteiger partial charge is 0.441 e. The Morgan fingerprint density at radius 1 is 0.761 bits per heavy atom. The fraction of sp³-hybridized carbons (Fsp3) is 0.510. The van der Waals surface area contributed by atoms with E-state index in [-0.39, 0.29) is 79.4 Å². The molecule has 71 heavy (non-hydrogen) atoms. The number of anilines is 4. The number of hydrogen-bond acceptors (Lipinski definition) is 13. The van der Waals surface area contributed by atoms with Crippen molar-refractivity contribution >= 4 is 70.3 Å². The first-order valence-corrected chi connectivity index (χ1v) is 24.8. The zero-order valence-corrected chi connectivity index (χ0v) is 41.3. The lowest BCUT2D eigenvalue weighted by Crippen LogP contribution is -2.58. The number of nitrogens with one attached hydrogen (secondary N) is 3. The summed E-state index contributed by atoms with van der Waals surface area (Å²) in [5.41, 5.74) is 2.11. The van der Waals surface area contributed by atoms with Gasteiger partial charge in [0.15, 0.2) is 5.82 Å². The predicted molar refractivity (Wildman–Crippen MR) is 262 cm³/mol. The Morgan fingerprint density at radius 2 is 1.31 bits per heavy atom. The standard InChI is InChI=1S/C49H57Cl2F3N12O5/c1-27(2)55-20-36(30-5-9-32(50)10-6-30)46(68)63-17-15-62(16-18-63)43-40-29(4)71-48(70)65(45(40)60-26-59-43)22-28(3)56-21-37(31-7-11-33(51)12-8-31)47(69)66-34-13-14-35(66)24-64(23-34)44-41-38(49(52,53)54)19-39(67)61-42(41)57-25-58-44/h5-12,25-29,34-38,55-56H,13-24H2,1-4H3,(H,57,58,61,67)/t28?,29-,34?,35?,36-,37-,38+/m1/s1. The SMILES string of the molecule is CC(C)NC[C@@H](C(=O)N1CCN(c2ncnc3c2[C@@H](C)OC(=O)N3CC(C)NC[C@@H](C(=O)N2C3CCC2CN(c2ncnc4c2[C@@H](C(F)(F)F)CC(=O)N4)C3)c2ccc(Cl)cc2)CC1)c1ccc(Cl)cc1. The van der Waals surface area contributed by atoms with Crippen molar-refractivity contribution in [3.8, 4) is 0 Å². The van der Waals surface area contributed by atoms with Crippen LogP contribution in [0.2, 0.25) is 10.0 Å². The molecular formula is C49H57Cl2F3N12O5. The molecule has 0 radical (unpaired) electrons. The Bertz CT molecular complexity index is 2610. The summed E-state index contributed by atoms with van der Waals surface area (Å²) < 4.78 is 49.0. The first-order valence-electron chi connectivity index (χ1n) is 24.1. The molecule has 9 rings (SSSR count). The van der Waals surface area contributed by atoms with Crippen molar-refractivity contribution in [2.24, 2.45) is 0 Å². The van der Waals surface area contributed by atoms with Crippen LogP contribution in [-0.2, 0) is 19.1 Å². The average Bonchev–Trinajstić information content (AvgIpc) is 3.61. The van der Waals surface area contributed by atoms with Gasteiger partial charge in [-0.15, -0.1) is 0 Å². The number of hydrogen-bond donors (Lipinski definition) is 3. The van der Waals surface area contributed by atoms with E-state index < -0.39 is 48.5 Å². The Hall–Kier alpha value is -5.83. The number of cyclic esters (lactones) is 1. The fourth-order valence-electron chi connectivity index (χ4n) is 10.6. The highest BCUT2D eigenvalue weighted by Gasteiger charge is 2.50. The molecule has 0 spiro atoms. The molecule has 3 fully saturated rings. The molecule has 7 heterocycles. The number of halogens is 5. The maximum atomic E-state index is 14.9. The van der Waals surface area contributed by atoms with Gasteiger partial charge in [0, 0.05) is 99.5 Å².